The van der Waals surface area contributed by atoms with Crippen LogP contribution < -0.4 is 15.2 Å². The van der Waals surface area contributed by atoms with Crippen molar-refractivity contribution in [2.75, 3.05) is 13.7 Å². The Bertz CT molecular complexity index is 624. The molecule has 0 saturated heterocycles. The van der Waals surface area contributed by atoms with Gasteiger partial charge in [-0.05, 0) is 50.2 Å². The first-order valence-electron chi connectivity index (χ1n) is 7.94. The lowest BCUT2D eigenvalue weighted by molar-refractivity contribution is 0.232. The molecule has 5 heteroatoms. The fourth-order valence-corrected chi connectivity index (χ4v) is 2.98. The maximum atomic E-state index is 5.93. The lowest BCUT2D eigenvalue weighted by atomic mass is 9.85. The van der Waals surface area contributed by atoms with E-state index in [9.17, 15) is 0 Å². The molecular weight excluding hydrogens is 278 g/mol. The van der Waals surface area contributed by atoms with Crippen LogP contribution in [0.25, 0.3) is 11.0 Å². The molecule has 1 heterocycles. The second kappa shape index (κ2) is 6.92. The molecule has 118 valence electrons. The van der Waals surface area contributed by atoms with Crippen molar-refractivity contribution in [3.8, 4) is 11.6 Å². The van der Waals surface area contributed by atoms with E-state index in [1.54, 1.807) is 13.3 Å². The zero-order valence-electron chi connectivity index (χ0n) is 13.0. The van der Waals surface area contributed by atoms with Gasteiger partial charge in [-0.2, -0.15) is 0 Å². The van der Waals surface area contributed by atoms with Crippen LogP contribution in [0.1, 0.15) is 32.1 Å². The zero-order chi connectivity index (χ0) is 15.4. The molecule has 0 aliphatic heterocycles. The SMILES string of the molecule is COc1ccc2ncc(OCC[C@H]3CC[C@H](N)CC3)nc2c1. The summed E-state index contributed by atoms with van der Waals surface area (Å²) in [5.74, 6) is 2.08. The number of nitrogens with zero attached hydrogens (tertiary/aromatic N) is 2. The van der Waals surface area contributed by atoms with Crippen LogP contribution in [0.2, 0.25) is 0 Å². The number of benzene rings is 1. The first-order valence-corrected chi connectivity index (χ1v) is 7.94. The Morgan fingerprint density at radius 2 is 2.00 bits per heavy atom. The number of aromatic nitrogens is 2. The third-order valence-electron chi connectivity index (χ3n) is 4.39. The van der Waals surface area contributed by atoms with Crippen molar-refractivity contribution >= 4 is 11.0 Å². The fourth-order valence-electron chi connectivity index (χ4n) is 2.98. The molecule has 0 radical (unpaired) electrons. The third kappa shape index (κ3) is 3.65. The van der Waals surface area contributed by atoms with Crippen molar-refractivity contribution in [1.29, 1.82) is 0 Å². The van der Waals surface area contributed by atoms with Gasteiger partial charge in [-0.25, -0.2) is 9.97 Å². The lowest BCUT2D eigenvalue weighted by Gasteiger charge is -2.25. The van der Waals surface area contributed by atoms with Crippen molar-refractivity contribution in [1.82, 2.24) is 9.97 Å². The molecule has 3 rings (SSSR count). The van der Waals surface area contributed by atoms with Gasteiger partial charge in [0.15, 0.2) is 0 Å². The normalized spacial score (nSPS) is 21.7. The van der Waals surface area contributed by atoms with Gasteiger partial charge in [-0.1, -0.05) is 0 Å². The van der Waals surface area contributed by atoms with Crippen LogP contribution in [-0.4, -0.2) is 29.7 Å². The van der Waals surface area contributed by atoms with E-state index in [4.69, 9.17) is 15.2 Å². The lowest BCUT2D eigenvalue weighted by Crippen LogP contribution is -2.27. The minimum atomic E-state index is 0.401. The summed E-state index contributed by atoms with van der Waals surface area (Å²) in [7, 11) is 1.64. The highest BCUT2D eigenvalue weighted by atomic mass is 16.5. The Kier molecular flexibility index (Phi) is 4.73. The maximum absolute atomic E-state index is 5.93. The minimum Gasteiger partial charge on any atom is -0.497 e. The van der Waals surface area contributed by atoms with Gasteiger partial charge in [0.2, 0.25) is 5.88 Å². The van der Waals surface area contributed by atoms with E-state index in [0.717, 1.165) is 42.0 Å². The average Bonchev–Trinajstić information content (AvgIpc) is 2.56. The van der Waals surface area contributed by atoms with E-state index >= 15 is 0 Å². The van der Waals surface area contributed by atoms with E-state index in [1.165, 1.54) is 12.8 Å². The third-order valence-corrected chi connectivity index (χ3v) is 4.39. The van der Waals surface area contributed by atoms with Gasteiger partial charge in [0, 0.05) is 12.1 Å². The molecule has 0 bridgehead atoms. The summed E-state index contributed by atoms with van der Waals surface area (Å²) in [5.41, 5.74) is 7.57. The van der Waals surface area contributed by atoms with E-state index in [0.29, 0.717) is 18.5 Å². The van der Waals surface area contributed by atoms with Gasteiger partial charge in [-0.3, -0.25) is 0 Å². The highest BCUT2D eigenvalue weighted by Crippen LogP contribution is 2.26. The zero-order valence-corrected chi connectivity index (χ0v) is 13.0. The molecule has 0 spiro atoms. The molecule has 0 amide bonds. The fraction of sp³-hybridized carbons (Fsp3) is 0.529. The predicted octanol–water partition coefficient (Wildman–Crippen LogP) is 2.92. The van der Waals surface area contributed by atoms with Crippen LogP contribution in [0.3, 0.4) is 0 Å². The summed E-state index contributed by atoms with van der Waals surface area (Å²) in [6.45, 7) is 0.685. The van der Waals surface area contributed by atoms with Crippen LogP contribution in [0.15, 0.2) is 24.4 Å². The average molecular weight is 301 g/mol. The van der Waals surface area contributed by atoms with Crippen molar-refractivity contribution in [3.05, 3.63) is 24.4 Å². The molecule has 1 aliphatic rings. The van der Waals surface area contributed by atoms with Gasteiger partial charge in [0.1, 0.15) is 5.75 Å². The summed E-state index contributed by atoms with van der Waals surface area (Å²) in [5, 5.41) is 0. The summed E-state index contributed by atoms with van der Waals surface area (Å²) >= 11 is 0. The first-order chi connectivity index (χ1) is 10.7. The molecule has 0 unspecified atom stereocenters. The number of nitrogens with two attached hydrogens (primary N) is 1. The molecule has 1 aromatic carbocycles. The van der Waals surface area contributed by atoms with Gasteiger partial charge in [0.05, 0.1) is 30.9 Å². The van der Waals surface area contributed by atoms with Crippen LogP contribution in [-0.2, 0) is 0 Å². The van der Waals surface area contributed by atoms with Crippen molar-refractivity contribution in [2.45, 2.75) is 38.1 Å². The molecule has 0 atom stereocenters. The summed E-state index contributed by atoms with van der Waals surface area (Å²) < 4.78 is 11.0. The Morgan fingerprint density at radius 1 is 1.18 bits per heavy atom. The molecule has 1 saturated carbocycles. The van der Waals surface area contributed by atoms with E-state index < -0.39 is 0 Å². The van der Waals surface area contributed by atoms with Crippen molar-refractivity contribution in [3.63, 3.8) is 0 Å². The van der Waals surface area contributed by atoms with Gasteiger partial charge >= 0.3 is 0 Å². The van der Waals surface area contributed by atoms with E-state index in [1.807, 2.05) is 18.2 Å². The number of hydrogen-bond acceptors (Lipinski definition) is 5. The molecule has 22 heavy (non-hydrogen) atoms. The molecule has 1 aliphatic carbocycles. The van der Waals surface area contributed by atoms with E-state index in [2.05, 4.69) is 9.97 Å². The molecule has 1 fully saturated rings. The van der Waals surface area contributed by atoms with Crippen LogP contribution in [0.4, 0.5) is 0 Å². The standard InChI is InChI=1S/C17H23N3O2/c1-21-14-6-7-15-16(10-14)20-17(11-19-15)22-9-8-12-2-4-13(18)5-3-12/h6-7,10-13H,2-5,8-9,18H2,1H3/t12-,13-. The highest BCUT2D eigenvalue weighted by Gasteiger charge is 2.18. The maximum Gasteiger partial charge on any atom is 0.232 e. The monoisotopic (exact) mass is 301 g/mol. The van der Waals surface area contributed by atoms with Crippen molar-refractivity contribution < 1.29 is 9.47 Å². The summed E-state index contributed by atoms with van der Waals surface area (Å²) in [6, 6.07) is 6.05. The Hall–Kier alpha value is -1.88. The molecule has 2 aromatic rings. The topological polar surface area (TPSA) is 70.3 Å². The van der Waals surface area contributed by atoms with E-state index in [-0.39, 0.29) is 0 Å². The number of ether oxygens (including phenoxy) is 2. The van der Waals surface area contributed by atoms with Crippen LogP contribution in [0, 0.1) is 5.92 Å². The van der Waals surface area contributed by atoms with Gasteiger partial charge in [-0.15, -0.1) is 0 Å². The number of hydrogen-bond donors (Lipinski definition) is 1. The minimum absolute atomic E-state index is 0.401. The smallest absolute Gasteiger partial charge is 0.232 e. The van der Waals surface area contributed by atoms with Crippen LogP contribution >= 0.6 is 0 Å². The highest BCUT2D eigenvalue weighted by molar-refractivity contribution is 5.76. The van der Waals surface area contributed by atoms with Gasteiger partial charge < -0.3 is 15.2 Å². The van der Waals surface area contributed by atoms with Crippen molar-refractivity contribution in [2.24, 2.45) is 11.7 Å². The molecule has 2 N–H and O–H groups in total. The van der Waals surface area contributed by atoms with Crippen LogP contribution in [0.5, 0.6) is 11.6 Å². The number of rotatable bonds is 5. The molecule has 1 aromatic heterocycles. The summed E-state index contributed by atoms with van der Waals surface area (Å²) in [6.07, 6.45) is 7.45. The predicted molar refractivity (Wildman–Crippen MR) is 86.1 cm³/mol. The van der Waals surface area contributed by atoms with Gasteiger partial charge in [0.25, 0.3) is 0 Å². The molecule has 5 nitrogen and oxygen atoms in total. The Balaban J connectivity index is 1.57. The number of fused-ring (bicyclic) bond motifs is 1. The second-order valence-corrected chi connectivity index (χ2v) is 5.98. The second-order valence-electron chi connectivity index (χ2n) is 5.98. The quantitative estimate of drug-likeness (QED) is 0.919. The largest absolute Gasteiger partial charge is 0.497 e. The Labute approximate surface area is 130 Å². The number of methoxy groups -OCH3 is 1. The Morgan fingerprint density at radius 3 is 2.77 bits per heavy atom. The first kappa shape index (κ1) is 15.0. The molecular formula is C17H23N3O2. The summed E-state index contributed by atoms with van der Waals surface area (Å²) in [4.78, 5) is 8.87.